The Morgan fingerprint density at radius 2 is 2.16 bits per heavy atom. The molecule has 2 atom stereocenters. The second-order valence-electron chi connectivity index (χ2n) is 7.94. The number of carboxylic acids is 1. The van der Waals surface area contributed by atoms with Crippen LogP contribution < -0.4 is 4.74 Å². The van der Waals surface area contributed by atoms with E-state index in [0.29, 0.717) is 6.61 Å². The third-order valence-electron chi connectivity index (χ3n) is 5.64. The van der Waals surface area contributed by atoms with Gasteiger partial charge in [-0.15, -0.1) is 0 Å². The van der Waals surface area contributed by atoms with E-state index in [1.165, 1.54) is 0 Å². The highest BCUT2D eigenvalue weighted by molar-refractivity contribution is 5.79. The molecule has 0 spiro atoms. The van der Waals surface area contributed by atoms with E-state index in [1.54, 1.807) is 0 Å². The number of hydrogen-bond donors (Lipinski definition) is 1. The van der Waals surface area contributed by atoms with Gasteiger partial charge in [-0.1, -0.05) is 30.4 Å². The number of fused-ring (bicyclic) bond motifs is 1. The first kappa shape index (κ1) is 21.1. The van der Waals surface area contributed by atoms with Crippen molar-refractivity contribution in [1.29, 1.82) is 0 Å². The van der Waals surface area contributed by atoms with Crippen molar-refractivity contribution in [3.63, 3.8) is 0 Å². The lowest BCUT2D eigenvalue weighted by molar-refractivity contribution is -0.137. The van der Waals surface area contributed by atoms with Gasteiger partial charge in [0, 0.05) is 17.9 Å². The summed E-state index contributed by atoms with van der Waals surface area (Å²) in [5, 5.41) is 14.7. The molecule has 1 aliphatic heterocycles. The second kappa shape index (κ2) is 9.79. The van der Waals surface area contributed by atoms with E-state index < -0.39 is 5.97 Å². The van der Waals surface area contributed by atoms with Crippen molar-refractivity contribution in [3.05, 3.63) is 71.9 Å². The quantitative estimate of drug-likeness (QED) is 0.497. The van der Waals surface area contributed by atoms with E-state index in [2.05, 4.69) is 23.3 Å². The van der Waals surface area contributed by atoms with Gasteiger partial charge >= 0.3 is 5.97 Å². The number of ether oxygens (including phenoxy) is 2. The first-order valence-electron chi connectivity index (χ1n) is 10.8. The molecule has 2 aromatic carbocycles. The Bertz CT molecular complexity index is 1050. The molecule has 0 aliphatic carbocycles. The van der Waals surface area contributed by atoms with Gasteiger partial charge in [0.05, 0.1) is 30.8 Å². The number of aliphatic carboxylic acids is 1. The number of carbonyl (C=O) groups is 1. The monoisotopic (exact) mass is 420 g/mol. The molecular weight excluding hydrogens is 392 g/mol. The Morgan fingerprint density at radius 1 is 1.32 bits per heavy atom. The first-order chi connectivity index (χ1) is 15.1. The summed E-state index contributed by atoms with van der Waals surface area (Å²) in [6.07, 6.45) is 8.25. The minimum atomic E-state index is -0.807. The van der Waals surface area contributed by atoms with Crippen LogP contribution in [0.5, 0.6) is 5.75 Å². The maximum absolute atomic E-state index is 11.1. The Labute approximate surface area is 182 Å². The van der Waals surface area contributed by atoms with E-state index in [1.807, 2.05) is 54.2 Å². The summed E-state index contributed by atoms with van der Waals surface area (Å²) in [4.78, 5) is 11.1. The number of allylic oxidation sites excluding steroid dienone is 2. The average Bonchev–Trinajstić information content (AvgIpc) is 3.42. The zero-order chi connectivity index (χ0) is 21.6. The van der Waals surface area contributed by atoms with Crippen LogP contribution in [0.15, 0.2) is 60.8 Å². The summed E-state index contributed by atoms with van der Waals surface area (Å²) in [6.45, 7) is 4.00. The number of benzene rings is 2. The lowest BCUT2D eigenvalue weighted by Crippen LogP contribution is -2.15. The van der Waals surface area contributed by atoms with Crippen LogP contribution in [-0.4, -0.2) is 33.6 Å². The summed E-state index contributed by atoms with van der Waals surface area (Å²) >= 11 is 0. The molecule has 6 nitrogen and oxygen atoms in total. The van der Waals surface area contributed by atoms with Gasteiger partial charge in [-0.05, 0) is 55.2 Å². The SMILES string of the molecule is CC=C[C@H](CC(=O)O)c1ccc(OCc2ccc3c(cnn3CC3CCCO3)c2)cc1. The summed E-state index contributed by atoms with van der Waals surface area (Å²) in [6, 6.07) is 13.9. The van der Waals surface area contributed by atoms with Gasteiger partial charge in [0.25, 0.3) is 0 Å². The van der Waals surface area contributed by atoms with Gasteiger partial charge in [-0.2, -0.15) is 5.10 Å². The van der Waals surface area contributed by atoms with E-state index in [0.717, 1.165) is 53.8 Å². The summed E-state index contributed by atoms with van der Waals surface area (Å²) in [7, 11) is 0. The number of hydrogen-bond acceptors (Lipinski definition) is 4. The highest BCUT2D eigenvalue weighted by Crippen LogP contribution is 2.25. The van der Waals surface area contributed by atoms with Crippen LogP contribution in [-0.2, 0) is 22.7 Å². The molecule has 1 fully saturated rings. The highest BCUT2D eigenvalue weighted by atomic mass is 16.5. The van der Waals surface area contributed by atoms with Crippen molar-refractivity contribution in [2.75, 3.05) is 6.61 Å². The van der Waals surface area contributed by atoms with Gasteiger partial charge in [-0.3, -0.25) is 9.48 Å². The van der Waals surface area contributed by atoms with Crippen molar-refractivity contribution < 1.29 is 19.4 Å². The lowest BCUT2D eigenvalue weighted by atomic mass is 9.95. The van der Waals surface area contributed by atoms with Crippen LogP contribution in [0.1, 0.15) is 43.2 Å². The lowest BCUT2D eigenvalue weighted by Gasteiger charge is -2.12. The molecule has 4 rings (SSSR count). The zero-order valence-electron chi connectivity index (χ0n) is 17.7. The standard InChI is InChI=1S/C25H28N2O4/c1-2-4-20(14-25(28)29)19-7-9-22(10-8-19)31-17-18-6-11-24-21(13-18)15-26-27(24)16-23-5-3-12-30-23/h2,4,6-11,13,15,20,23H,3,5,12,14,16-17H2,1H3,(H,28,29)/t20-,23?/m1/s1. The molecule has 0 radical (unpaired) electrons. The Morgan fingerprint density at radius 3 is 2.87 bits per heavy atom. The molecule has 2 heterocycles. The number of nitrogens with zero attached hydrogens (tertiary/aromatic N) is 2. The maximum atomic E-state index is 11.1. The normalized spacial score (nSPS) is 17.4. The third kappa shape index (κ3) is 5.33. The first-order valence-corrected chi connectivity index (χ1v) is 10.8. The smallest absolute Gasteiger partial charge is 0.304 e. The van der Waals surface area contributed by atoms with Crippen molar-refractivity contribution in [2.24, 2.45) is 0 Å². The zero-order valence-corrected chi connectivity index (χ0v) is 17.7. The predicted octanol–water partition coefficient (Wildman–Crippen LogP) is 4.93. The Kier molecular flexibility index (Phi) is 6.67. The molecule has 162 valence electrons. The second-order valence-corrected chi connectivity index (χ2v) is 7.94. The van der Waals surface area contributed by atoms with E-state index in [-0.39, 0.29) is 18.4 Å². The average molecular weight is 421 g/mol. The maximum Gasteiger partial charge on any atom is 0.304 e. The molecule has 6 heteroatoms. The van der Waals surface area contributed by atoms with Crippen LogP contribution in [0.25, 0.3) is 10.9 Å². The van der Waals surface area contributed by atoms with Crippen LogP contribution in [0.2, 0.25) is 0 Å². The van der Waals surface area contributed by atoms with Crippen molar-refractivity contribution in [1.82, 2.24) is 9.78 Å². The van der Waals surface area contributed by atoms with Crippen molar-refractivity contribution >= 4 is 16.9 Å². The van der Waals surface area contributed by atoms with Gasteiger partial charge in [-0.25, -0.2) is 0 Å². The van der Waals surface area contributed by atoms with E-state index in [9.17, 15) is 4.79 Å². The molecule has 31 heavy (non-hydrogen) atoms. The van der Waals surface area contributed by atoms with E-state index >= 15 is 0 Å². The van der Waals surface area contributed by atoms with Gasteiger partial charge in [0.2, 0.25) is 0 Å². The Hall–Kier alpha value is -3.12. The molecule has 0 amide bonds. The molecule has 1 N–H and O–H groups in total. The highest BCUT2D eigenvalue weighted by Gasteiger charge is 2.17. The van der Waals surface area contributed by atoms with Crippen LogP contribution in [0, 0.1) is 0 Å². The summed E-state index contributed by atoms with van der Waals surface area (Å²) in [5.41, 5.74) is 3.15. The number of aromatic nitrogens is 2. The summed E-state index contributed by atoms with van der Waals surface area (Å²) in [5.74, 6) is -0.185. The molecular formula is C25H28N2O4. The van der Waals surface area contributed by atoms with Gasteiger partial charge < -0.3 is 14.6 Å². The number of rotatable bonds is 9. The minimum Gasteiger partial charge on any atom is -0.489 e. The molecule has 0 bridgehead atoms. The Balaban J connectivity index is 1.38. The van der Waals surface area contributed by atoms with Crippen LogP contribution in [0.3, 0.4) is 0 Å². The van der Waals surface area contributed by atoms with Crippen molar-refractivity contribution in [3.8, 4) is 5.75 Å². The van der Waals surface area contributed by atoms with Crippen LogP contribution >= 0.6 is 0 Å². The largest absolute Gasteiger partial charge is 0.489 e. The molecule has 0 saturated carbocycles. The van der Waals surface area contributed by atoms with Gasteiger partial charge in [0.1, 0.15) is 12.4 Å². The van der Waals surface area contributed by atoms with E-state index in [4.69, 9.17) is 14.6 Å². The fourth-order valence-corrected chi connectivity index (χ4v) is 4.05. The summed E-state index contributed by atoms with van der Waals surface area (Å²) < 4.78 is 13.7. The fraction of sp³-hybridized carbons (Fsp3) is 0.360. The molecule has 3 aromatic rings. The fourth-order valence-electron chi connectivity index (χ4n) is 4.05. The molecule has 1 aromatic heterocycles. The molecule has 1 saturated heterocycles. The molecule has 1 aliphatic rings. The van der Waals surface area contributed by atoms with Crippen LogP contribution in [0.4, 0.5) is 0 Å². The minimum absolute atomic E-state index is 0.0745. The topological polar surface area (TPSA) is 73.6 Å². The third-order valence-corrected chi connectivity index (χ3v) is 5.64. The molecule has 1 unspecified atom stereocenters. The predicted molar refractivity (Wildman–Crippen MR) is 119 cm³/mol. The van der Waals surface area contributed by atoms with Gasteiger partial charge in [0.15, 0.2) is 0 Å². The number of carboxylic acid groups (broad SMARTS) is 1. The van der Waals surface area contributed by atoms with Crippen molar-refractivity contribution in [2.45, 2.75) is 51.4 Å².